The second kappa shape index (κ2) is 3.13. The molecule has 1 aromatic heterocycles. The highest BCUT2D eigenvalue weighted by atomic mass is 35.5. The Labute approximate surface area is 86.4 Å². The molecule has 0 saturated carbocycles. The Kier molecular flexibility index (Phi) is 2.10. The van der Waals surface area contributed by atoms with E-state index in [4.69, 9.17) is 23.8 Å². The number of aromatic nitrogens is 1. The van der Waals surface area contributed by atoms with Gasteiger partial charge in [-0.05, 0) is 31.2 Å². The highest BCUT2D eigenvalue weighted by Crippen LogP contribution is 2.19. The molecule has 1 N–H and O–H groups in total. The zero-order valence-electron chi connectivity index (χ0n) is 7.10. The normalized spacial score (nSPS) is 10.6. The average molecular weight is 210 g/mol. The summed E-state index contributed by atoms with van der Waals surface area (Å²) in [5.74, 6) is 0. The number of nitrogens with one attached hydrogen (secondary N) is 1. The molecule has 0 amide bonds. The molecular weight excluding hydrogens is 202 g/mol. The van der Waals surface area contributed by atoms with Gasteiger partial charge in [0.25, 0.3) is 0 Å². The lowest BCUT2D eigenvalue weighted by Gasteiger charge is -2.00. The van der Waals surface area contributed by atoms with E-state index >= 15 is 0 Å². The van der Waals surface area contributed by atoms with Crippen LogP contribution in [-0.4, -0.2) is 4.98 Å². The number of benzene rings is 1. The molecule has 2 aromatic rings. The molecule has 3 heteroatoms. The van der Waals surface area contributed by atoms with E-state index < -0.39 is 0 Å². The van der Waals surface area contributed by atoms with Gasteiger partial charge in [0, 0.05) is 26.1 Å². The molecule has 0 spiro atoms. The van der Waals surface area contributed by atoms with Crippen molar-refractivity contribution in [3.63, 3.8) is 0 Å². The molecule has 66 valence electrons. The van der Waals surface area contributed by atoms with Crippen LogP contribution in [0.15, 0.2) is 24.3 Å². The van der Waals surface area contributed by atoms with Crippen LogP contribution in [0.1, 0.15) is 5.69 Å². The Morgan fingerprint density at radius 2 is 2.08 bits per heavy atom. The van der Waals surface area contributed by atoms with Gasteiger partial charge in [0.15, 0.2) is 0 Å². The zero-order valence-corrected chi connectivity index (χ0v) is 8.67. The van der Waals surface area contributed by atoms with Crippen molar-refractivity contribution in [2.75, 3.05) is 0 Å². The first kappa shape index (κ1) is 8.73. The van der Waals surface area contributed by atoms with E-state index in [0.717, 1.165) is 26.1 Å². The van der Waals surface area contributed by atoms with Gasteiger partial charge < -0.3 is 4.98 Å². The highest BCUT2D eigenvalue weighted by molar-refractivity contribution is 7.71. The Balaban J connectivity index is 2.95. The Morgan fingerprint density at radius 1 is 1.31 bits per heavy atom. The molecule has 0 saturated heterocycles. The molecule has 0 radical (unpaired) electrons. The molecule has 1 nitrogen and oxygen atoms in total. The number of hydrogen-bond acceptors (Lipinski definition) is 1. The molecule has 13 heavy (non-hydrogen) atoms. The maximum atomic E-state index is 5.87. The third-order valence-corrected chi connectivity index (χ3v) is 2.50. The van der Waals surface area contributed by atoms with Crippen LogP contribution in [0.3, 0.4) is 0 Å². The van der Waals surface area contributed by atoms with Crippen LogP contribution in [-0.2, 0) is 0 Å². The molecule has 2 rings (SSSR count). The minimum Gasteiger partial charge on any atom is -0.359 e. The molecule has 1 aromatic carbocycles. The minimum atomic E-state index is 0.718. The van der Waals surface area contributed by atoms with Crippen LogP contribution < -0.4 is 0 Å². The van der Waals surface area contributed by atoms with Gasteiger partial charge in [-0.2, -0.15) is 0 Å². The first-order valence-electron chi connectivity index (χ1n) is 3.96. The second-order valence-electron chi connectivity index (χ2n) is 3.01. The van der Waals surface area contributed by atoms with Crippen LogP contribution in [0.25, 0.3) is 10.9 Å². The molecule has 0 atom stereocenters. The Bertz CT molecular complexity index is 516. The number of aromatic amines is 1. The van der Waals surface area contributed by atoms with Gasteiger partial charge in [-0.1, -0.05) is 23.8 Å². The molecule has 0 aliphatic heterocycles. The second-order valence-corrected chi connectivity index (χ2v) is 3.88. The molecular formula is C10H8ClNS. The van der Waals surface area contributed by atoms with Gasteiger partial charge in [0.2, 0.25) is 0 Å². The maximum absolute atomic E-state index is 5.87. The maximum Gasteiger partial charge on any atom is 0.0488 e. The molecule has 0 bridgehead atoms. The number of rotatable bonds is 0. The molecule has 0 aliphatic rings. The van der Waals surface area contributed by atoms with Crippen LogP contribution in [0, 0.1) is 11.4 Å². The van der Waals surface area contributed by atoms with Gasteiger partial charge >= 0.3 is 0 Å². The van der Waals surface area contributed by atoms with Crippen LogP contribution >= 0.6 is 23.8 Å². The Hall–Kier alpha value is -0.860. The quantitative estimate of drug-likeness (QED) is 0.652. The fraction of sp³-hybridized carbons (Fsp3) is 0.100. The lowest BCUT2D eigenvalue weighted by molar-refractivity contribution is 1.25. The summed E-state index contributed by atoms with van der Waals surface area (Å²) in [5, 5.41) is 1.73. The summed E-state index contributed by atoms with van der Waals surface area (Å²) >= 11 is 11.1. The summed E-state index contributed by atoms with van der Waals surface area (Å²) in [7, 11) is 0. The average Bonchev–Trinajstić information content (AvgIpc) is 2.06. The minimum absolute atomic E-state index is 0.718. The molecule has 1 heterocycles. The summed E-state index contributed by atoms with van der Waals surface area (Å²) in [4.78, 5) is 3.23. The summed E-state index contributed by atoms with van der Waals surface area (Å²) < 4.78 is 0.841. The fourth-order valence-corrected chi connectivity index (χ4v) is 1.87. The summed E-state index contributed by atoms with van der Waals surface area (Å²) in [6.07, 6.45) is 0. The van der Waals surface area contributed by atoms with Crippen molar-refractivity contribution in [2.24, 2.45) is 0 Å². The number of aryl methyl sites for hydroxylation is 1. The lowest BCUT2D eigenvalue weighted by Crippen LogP contribution is -1.83. The topological polar surface area (TPSA) is 15.8 Å². The van der Waals surface area contributed by atoms with E-state index in [2.05, 4.69) is 4.98 Å². The van der Waals surface area contributed by atoms with E-state index in [1.54, 1.807) is 0 Å². The van der Waals surface area contributed by atoms with E-state index in [9.17, 15) is 0 Å². The first-order valence-corrected chi connectivity index (χ1v) is 4.74. The summed E-state index contributed by atoms with van der Waals surface area (Å²) in [6, 6.07) is 7.62. The van der Waals surface area contributed by atoms with Crippen molar-refractivity contribution in [2.45, 2.75) is 6.92 Å². The van der Waals surface area contributed by atoms with Crippen molar-refractivity contribution >= 4 is 34.7 Å². The van der Waals surface area contributed by atoms with Crippen LogP contribution in [0.4, 0.5) is 0 Å². The number of fused-ring (bicyclic) bond motifs is 1. The SMILES string of the molecule is Cc1cc(=S)c2cc(Cl)ccc2[nH]1. The largest absolute Gasteiger partial charge is 0.359 e. The highest BCUT2D eigenvalue weighted by Gasteiger charge is 1.97. The van der Waals surface area contributed by atoms with Gasteiger partial charge in [-0.25, -0.2) is 0 Å². The number of hydrogen-bond donors (Lipinski definition) is 1. The zero-order chi connectivity index (χ0) is 9.42. The summed E-state index contributed by atoms with van der Waals surface area (Å²) in [5.41, 5.74) is 2.11. The van der Waals surface area contributed by atoms with Crippen molar-refractivity contribution in [3.05, 3.63) is 39.5 Å². The van der Waals surface area contributed by atoms with Crippen molar-refractivity contribution in [3.8, 4) is 0 Å². The fourth-order valence-electron chi connectivity index (χ4n) is 1.35. The molecule has 0 fully saturated rings. The standard InChI is InChI=1S/C10H8ClNS/c1-6-4-10(13)8-5-7(11)2-3-9(8)12-6/h2-5H,1H3,(H,12,13). The Morgan fingerprint density at radius 3 is 2.85 bits per heavy atom. The number of pyridine rings is 1. The van der Waals surface area contributed by atoms with E-state index in [1.807, 2.05) is 31.2 Å². The predicted molar refractivity (Wildman–Crippen MR) is 58.9 cm³/mol. The van der Waals surface area contributed by atoms with Crippen molar-refractivity contribution in [1.29, 1.82) is 0 Å². The molecule has 0 aliphatic carbocycles. The van der Waals surface area contributed by atoms with Gasteiger partial charge in [-0.3, -0.25) is 0 Å². The predicted octanol–water partition coefficient (Wildman–Crippen LogP) is 3.86. The third kappa shape index (κ3) is 1.60. The summed E-state index contributed by atoms with van der Waals surface area (Å²) in [6.45, 7) is 1.99. The van der Waals surface area contributed by atoms with E-state index in [1.165, 1.54) is 0 Å². The van der Waals surface area contributed by atoms with Gasteiger partial charge in [-0.15, -0.1) is 0 Å². The van der Waals surface area contributed by atoms with Crippen molar-refractivity contribution < 1.29 is 0 Å². The monoisotopic (exact) mass is 209 g/mol. The van der Waals surface area contributed by atoms with Crippen LogP contribution in [0.5, 0.6) is 0 Å². The van der Waals surface area contributed by atoms with E-state index in [0.29, 0.717) is 0 Å². The van der Waals surface area contributed by atoms with Crippen molar-refractivity contribution in [1.82, 2.24) is 4.98 Å². The third-order valence-electron chi connectivity index (χ3n) is 1.93. The van der Waals surface area contributed by atoms with Crippen LogP contribution in [0.2, 0.25) is 5.02 Å². The lowest BCUT2D eigenvalue weighted by atomic mass is 10.2. The van der Waals surface area contributed by atoms with E-state index in [-0.39, 0.29) is 0 Å². The first-order chi connectivity index (χ1) is 6.16. The van der Waals surface area contributed by atoms with Gasteiger partial charge in [0.05, 0.1) is 0 Å². The number of H-pyrrole nitrogens is 1. The smallest absolute Gasteiger partial charge is 0.0488 e. The molecule has 0 unspecified atom stereocenters. The number of halogens is 1. The van der Waals surface area contributed by atoms with Gasteiger partial charge in [0.1, 0.15) is 0 Å².